The van der Waals surface area contributed by atoms with Crippen LogP contribution in [0.4, 0.5) is 26.3 Å². The molecule has 0 unspecified atom stereocenters. The summed E-state index contributed by atoms with van der Waals surface area (Å²) in [5.41, 5.74) is -8.45. The van der Waals surface area contributed by atoms with Crippen molar-refractivity contribution in [2.45, 2.75) is 18.4 Å². The molecule has 0 heterocycles. The second kappa shape index (κ2) is 29.1. The zero-order chi connectivity index (χ0) is 40.4. The second-order valence-corrected chi connectivity index (χ2v) is 17.3. The molecule has 316 valence electrons. The molecule has 2 N–H and O–H groups in total. The molecule has 10 radical (unpaired) electrons. The Balaban J connectivity index is -0.000000714. The third kappa shape index (κ3) is 20.4. The van der Waals surface area contributed by atoms with Gasteiger partial charge in [-0.25, -0.2) is 22.1 Å². The number of nitriles is 1. The number of rotatable bonds is 6. The molecule has 4 aromatic carbocycles. The van der Waals surface area contributed by atoms with Crippen molar-refractivity contribution in [1.82, 2.24) is 0 Å². The van der Waals surface area contributed by atoms with Crippen LogP contribution in [0.3, 0.4) is 0 Å². The van der Waals surface area contributed by atoms with Crippen LogP contribution in [-0.2, 0) is 57.7 Å². The van der Waals surface area contributed by atoms with Gasteiger partial charge < -0.3 is 14.6 Å². The molecule has 0 bridgehead atoms. The van der Waals surface area contributed by atoms with Crippen molar-refractivity contribution in [3.63, 3.8) is 0 Å². The number of alkyl halides is 6. The molecule has 0 atom stereocenters. The van der Waals surface area contributed by atoms with Gasteiger partial charge in [0.1, 0.15) is 0 Å². The van der Waals surface area contributed by atoms with Crippen LogP contribution in [0.2, 0.25) is 0 Å². The zero-order valence-corrected chi connectivity index (χ0v) is 34.9. The van der Waals surface area contributed by atoms with Crippen molar-refractivity contribution >= 4 is 57.3 Å². The van der Waals surface area contributed by atoms with Crippen molar-refractivity contribution in [2.75, 3.05) is 0 Å². The summed E-state index contributed by atoms with van der Waals surface area (Å²) >= 11 is 0. The molecule has 20 heteroatoms. The maximum atomic E-state index is 10.7. The molecule has 0 amide bonds. The van der Waals surface area contributed by atoms with Crippen LogP contribution in [0.25, 0.3) is 0 Å². The first-order valence-electron chi connectivity index (χ1n) is 14.9. The molecule has 0 aromatic heterocycles. The molecular weight excluding hydrogens is 985 g/mol. The van der Waals surface area contributed by atoms with Gasteiger partial charge in [-0.1, -0.05) is 129 Å². The molecule has 0 aliphatic heterocycles. The van der Waals surface area contributed by atoms with E-state index in [1.165, 1.54) is 32.5 Å². The van der Waals surface area contributed by atoms with E-state index in [1.54, 1.807) is 0 Å². The number of halogens is 6. The van der Waals surface area contributed by atoms with Crippen molar-refractivity contribution in [3.05, 3.63) is 184 Å². The molecule has 8 nitrogen and oxygen atoms in total. The molecule has 4 aromatic rings. The van der Waals surface area contributed by atoms with Gasteiger partial charge in [-0.3, -0.25) is 0 Å². The fraction of sp³-hybridized carbons (Fsp3) is 0.0789. The Morgan fingerprint density at radius 3 is 0.759 bits per heavy atom. The quantitative estimate of drug-likeness (QED) is 0.0658. The number of benzene rings is 4. The van der Waals surface area contributed by atoms with Gasteiger partial charge >= 0.3 is 31.4 Å². The SMILES string of the molecule is C.C#N.O.O=S(=O)([O-])C(F)(F)F.O=S(=O)([O-])C(F)(F)F.[CH]1[CH][CH][C](P(c2ccccc2)c2ccccc2)[CH]1.[CH]1[CH][CH][C](P(c2ccccc2)c2ccccc2)[CH]1.[Fe].[Pd+2]. The minimum absolute atomic E-state index is 0. The van der Waals surface area contributed by atoms with Crippen LogP contribution in [-0.4, -0.2) is 42.4 Å². The standard InChI is InChI=1S/2C17H14P.2CHF3O3S.CHN.CH4.Fe.H2O.Pd/c2*1-3-9-15(10-4-1)18(17-13-7-8-14-17)16-11-5-2-6-12-16;2*2-1(3,4)8(5,6)7;1-2;;;;/h2*1-14H;2*(H,5,6,7);1H;1H4;;1H2;/q;;;;;;;;+2/p-2. The summed E-state index contributed by atoms with van der Waals surface area (Å²) < 4.78 is 118. The van der Waals surface area contributed by atoms with Gasteiger partial charge in [0.05, 0.1) is 0 Å². The monoisotopic (exact) mass is 1020 g/mol. The van der Waals surface area contributed by atoms with Crippen LogP contribution in [0, 0.1) is 74.5 Å². The van der Waals surface area contributed by atoms with E-state index in [4.69, 9.17) is 31.2 Å². The van der Waals surface area contributed by atoms with Gasteiger partial charge in [0.15, 0.2) is 20.2 Å². The Labute approximate surface area is 364 Å². The van der Waals surface area contributed by atoms with Crippen LogP contribution < -0.4 is 21.2 Å². The minimum atomic E-state index is -6.09. The Kier molecular flexibility index (Phi) is 30.1. The van der Waals surface area contributed by atoms with Crippen molar-refractivity contribution in [3.8, 4) is 6.57 Å². The molecule has 0 saturated heterocycles. The van der Waals surface area contributed by atoms with Gasteiger partial charge in [-0.15, -0.1) is 0 Å². The first-order chi connectivity index (χ1) is 25.4. The van der Waals surface area contributed by atoms with Gasteiger partial charge in [0, 0.05) is 35.0 Å². The normalized spacial score (nSPS) is 14.0. The molecular formula is C38H35F6FeNO7P2PdS2. The van der Waals surface area contributed by atoms with E-state index in [2.05, 4.69) is 179 Å². The van der Waals surface area contributed by atoms with Crippen molar-refractivity contribution in [2.24, 2.45) is 0 Å². The predicted molar refractivity (Wildman–Crippen MR) is 208 cm³/mol. The predicted octanol–water partition coefficient (Wildman–Crippen LogP) is 7.01. The summed E-state index contributed by atoms with van der Waals surface area (Å²) in [5.74, 6) is 0. The largest absolute Gasteiger partial charge is 2.00 e. The van der Waals surface area contributed by atoms with Crippen molar-refractivity contribution in [1.29, 1.82) is 5.26 Å². The van der Waals surface area contributed by atoms with E-state index in [0.717, 1.165) is 0 Å². The van der Waals surface area contributed by atoms with Gasteiger partial charge in [-0.2, -0.15) is 26.3 Å². The summed E-state index contributed by atoms with van der Waals surface area (Å²) in [5, 5.41) is 12.1. The first kappa shape index (κ1) is 60.1. The maximum absolute atomic E-state index is 10.7. The smallest absolute Gasteiger partial charge is 0.741 e. The Hall–Kier alpha value is -2.23. The zero-order valence-electron chi connectivity index (χ0n) is 28.8. The van der Waals surface area contributed by atoms with Crippen molar-refractivity contribution < 1.29 is 95.3 Å². The number of nitrogens with zero attached hydrogens (tertiary/aromatic N) is 1. The number of hydrogen-bond donors (Lipinski definition) is 0. The Morgan fingerprint density at radius 1 is 0.466 bits per heavy atom. The summed E-state index contributed by atoms with van der Waals surface area (Å²) in [4.78, 5) is 0. The van der Waals surface area contributed by atoms with Gasteiger partial charge in [0.25, 0.3) is 0 Å². The third-order valence-electron chi connectivity index (χ3n) is 6.43. The first-order valence-corrected chi connectivity index (χ1v) is 20.4. The van der Waals surface area contributed by atoms with E-state index in [9.17, 15) is 26.3 Å². The molecule has 2 fully saturated rings. The fourth-order valence-electron chi connectivity index (χ4n) is 4.23. The summed E-state index contributed by atoms with van der Waals surface area (Å²) in [6.45, 7) is 3.50. The van der Waals surface area contributed by atoms with E-state index in [0.29, 0.717) is 0 Å². The average Bonchev–Trinajstić information content (AvgIpc) is 3.87. The molecule has 58 heavy (non-hydrogen) atoms. The number of hydrogen-bond acceptors (Lipinski definition) is 7. The van der Waals surface area contributed by atoms with Crippen LogP contribution in [0.1, 0.15) is 7.43 Å². The fourth-order valence-corrected chi connectivity index (χ4v) is 8.84. The van der Waals surface area contributed by atoms with Gasteiger partial charge in [0.2, 0.25) is 0 Å². The topological polar surface area (TPSA) is 170 Å². The third-order valence-corrected chi connectivity index (χ3v) is 12.5. The van der Waals surface area contributed by atoms with E-state index < -0.39 is 47.1 Å². The maximum Gasteiger partial charge on any atom is 2.00 e. The summed E-state index contributed by atoms with van der Waals surface area (Å²) in [6, 6.07) is 43.1. The molecule has 2 saturated carbocycles. The Bertz CT molecular complexity index is 1680. The van der Waals surface area contributed by atoms with Crippen LogP contribution in [0.5, 0.6) is 0 Å². The summed E-state index contributed by atoms with van der Waals surface area (Å²) in [6.07, 6.45) is 17.4. The van der Waals surface area contributed by atoms with E-state index >= 15 is 0 Å². The second-order valence-electron chi connectivity index (χ2n) is 10.1. The molecule has 2 aliphatic rings. The minimum Gasteiger partial charge on any atom is -0.741 e. The van der Waals surface area contributed by atoms with Gasteiger partial charge in [-0.05, 0) is 88.4 Å². The van der Waals surface area contributed by atoms with E-state index in [1.807, 2.05) is 0 Å². The Morgan fingerprint density at radius 2 is 0.621 bits per heavy atom. The van der Waals surface area contributed by atoms with Crippen LogP contribution in [0.15, 0.2) is 121 Å². The molecule has 2 aliphatic carbocycles. The van der Waals surface area contributed by atoms with Crippen LogP contribution >= 0.6 is 15.8 Å². The van der Waals surface area contributed by atoms with E-state index in [-0.39, 0.29) is 50.4 Å². The molecule has 6 rings (SSSR count). The molecule has 0 spiro atoms. The average molecular weight is 1020 g/mol. The summed E-state index contributed by atoms with van der Waals surface area (Å²) in [7, 11) is -13.0.